The van der Waals surface area contributed by atoms with E-state index >= 15 is 0 Å². The van der Waals surface area contributed by atoms with Gasteiger partial charge in [-0.3, -0.25) is 14.6 Å². The van der Waals surface area contributed by atoms with Crippen LogP contribution in [0.4, 0.5) is 0 Å². The highest BCUT2D eigenvalue weighted by atomic mass is 127. The minimum Gasteiger partial charge on any atom is -0.356 e. The van der Waals surface area contributed by atoms with Crippen molar-refractivity contribution >= 4 is 41.8 Å². The van der Waals surface area contributed by atoms with Gasteiger partial charge in [-0.2, -0.15) is 0 Å². The van der Waals surface area contributed by atoms with Crippen molar-refractivity contribution in [3.63, 3.8) is 0 Å². The fourth-order valence-electron chi connectivity index (χ4n) is 3.17. The molecule has 1 aromatic carbocycles. The summed E-state index contributed by atoms with van der Waals surface area (Å²) >= 11 is 0. The van der Waals surface area contributed by atoms with Crippen LogP contribution in [-0.2, 0) is 11.2 Å². The molecule has 156 valence electrons. The van der Waals surface area contributed by atoms with Gasteiger partial charge in [-0.1, -0.05) is 26.0 Å². The standard InChI is InChI=1S/C20H31N5O2.HI/c1-14(2)19(27)25-11-9-17(13-25)24-20(22-4)23-10-8-15-6-5-7-16(12-15)18(26)21-3;/h5-7,12,14,17H,8-11,13H2,1-4H3,(H,21,26)(H2,22,23,24);1H. The molecule has 0 bridgehead atoms. The third-order valence-electron chi connectivity index (χ3n) is 4.68. The van der Waals surface area contributed by atoms with E-state index in [0.717, 1.165) is 30.9 Å². The molecule has 2 rings (SSSR count). The number of amides is 2. The van der Waals surface area contributed by atoms with E-state index in [1.807, 2.05) is 36.9 Å². The molecule has 1 fully saturated rings. The fourth-order valence-corrected chi connectivity index (χ4v) is 3.17. The number of halogens is 1. The van der Waals surface area contributed by atoms with Crippen LogP contribution in [0.25, 0.3) is 0 Å². The first-order valence-corrected chi connectivity index (χ1v) is 9.51. The van der Waals surface area contributed by atoms with Crippen LogP contribution < -0.4 is 16.0 Å². The summed E-state index contributed by atoms with van der Waals surface area (Å²) in [6.07, 6.45) is 1.71. The van der Waals surface area contributed by atoms with E-state index < -0.39 is 0 Å². The first-order valence-electron chi connectivity index (χ1n) is 9.51. The maximum absolute atomic E-state index is 12.1. The molecule has 1 aromatic rings. The summed E-state index contributed by atoms with van der Waals surface area (Å²) in [5.41, 5.74) is 1.76. The van der Waals surface area contributed by atoms with Crippen LogP contribution in [0.1, 0.15) is 36.2 Å². The average molecular weight is 501 g/mol. The van der Waals surface area contributed by atoms with Crippen molar-refractivity contribution in [2.45, 2.75) is 32.7 Å². The van der Waals surface area contributed by atoms with Gasteiger partial charge in [0.1, 0.15) is 0 Å². The zero-order valence-corrected chi connectivity index (χ0v) is 19.4. The molecule has 1 heterocycles. The molecule has 8 heteroatoms. The van der Waals surface area contributed by atoms with Crippen LogP contribution in [-0.4, -0.2) is 62.4 Å². The number of benzene rings is 1. The van der Waals surface area contributed by atoms with E-state index in [-0.39, 0.29) is 47.8 Å². The van der Waals surface area contributed by atoms with Crippen molar-refractivity contribution in [2.24, 2.45) is 10.9 Å². The topological polar surface area (TPSA) is 85.8 Å². The number of nitrogens with one attached hydrogen (secondary N) is 3. The van der Waals surface area contributed by atoms with Gasteiger partial charge in [-0.15, -0.1) is 24.0 Å². The first kappa shape index (κ1) is 24.2. The number of rotatable bonds is 6. The van der Waals surface area contributed by atoms with Crippen molar-refractivity contribution in [1.82, 2.24) is 20.9 Å². The highest BCUT2D eigenvalue weighted by molar-refractivity contribution is 14.0. The molecule has 1 aliphatic rings. The molecular formula is C20H32IN5O2. The van der Waals surface area contributed by atoms with Crippen molar-refractivity contribution in [2.75, 3.05) is 33.7 Å². The van der Waals surface area contributed by atoms with Gasteiger partial charge in [-0.25, -0.2) is 0 Å². The third kappa shape index (κ3) is 6.96. The summed E-state index contributed by atoms with van der Waals surface area (Å²) < 4.78 is 0. The number of nitrogens with zero attached hydrogens (tertiary/aromatic N) is 2. The minimum absolute atomic E-state index is 0. The molecule has 3 N–H and O–H groups in total. The molecule has 0 aromatic heterocycles. The van der Waals surface area contributed by atoms with E-state index in [2.05, 4.69) is 20.9 Å². The lowest BCUT2D eigenvalue weighted by Crippen LogP contribution is -2.45. The smallest absolute Gasteiger partial charge is 0.251 e. The lowest BCUT2D eigenvalue weighted by Gasteiger charge is -2.20. The van der Waals surface area contributed by atoms with Crippen molar-refractivity contribution in [3.05, 3.63) is 35.4 Å². The summed E-state index contributed by atoms with van der Waals surface area (Å²) in [6.45, 7) is 6.08. The van der Waals surface area contributed by atoms with Gasteiger partial charge in [0, 0.05) is 51.3 Å². The van der Waals surface area contributed by atoms with Crippen LogP contribution in [0.2, 0.25) is 0 Å². The quantitative estimate of drug-likeness (QED) is 0.314. The lowest BCUT2D eigenvalue weighted by atomic mass is 10.1. The number of carbonyl (C=O) groups is 2. The molecule has 1 atom stereocenters. The highest BCUT2D eigenvalue weighted by Gasteiger charge is 2.27. The summed E-state index contributed by atoms with van der Waals surface area (Å²) in [4.78, 5) is 30.0. The monoisotopic (exact) mass is 501 g/mol. The van der Waals surface area contributed by atoms with Crippen LogP contribution in [0.5, 0.6) is 0 Å². The predicted octanol–water partition coefficient (Wildman–Crippen LogP) is 1.63. The molecule has 2 amide bonds. The minimum atomic E-state index is -0.0796. The van der Waals surface area contributed by atoms with Gasteiger partial charge >= 0.3 is 0 Å². The molecule has 0 saturated carbocycles. The summed E-state index contributed by atoms with van der Waals surface area (Å²) in [6, 6.07) is 7.84. The van der Waals surface area contributed by atoms with Crippen LogP contribution in [0.15, 0.2) is 29.3 Å². The predicted molar refractivity (Wildman–Crippen MR) is 123 cm³/mol. The number of hydrogen-bond acceptors (Lipinski definition) is 3. The van der Waals surface area contributed by atoms with Crippen LogP contribution in [0, 0.1) is 5.92 Å². The summed E-state index contributed by atoms with van der Waals surface area (Å²) in [5, 5.41) is 9.34. The summed E-state index contributed by atoms with van der Waals surface area (Å²) in [5.74, 6) is 0.898. The first-order chi connectivity index (χ1) is 12.9. The van der Waals surface area contributed by atoms with Gasteiger partial charge in [-0.05, 0) is 30.5 Å². The second kappa shape index (κ2) is 11.9. The van der Waals surface area contributed by atoms with Crippen molar-refractivity contribution in [1.29, 1.82) is 0 Å². The fraction of sp³-hybridized carbons (Fsp3) is 0.550. The van der Waals surface area contributed by atoms with E-state index in [0.29, 0.717) is 18.7 Å². The lowest BCUT2D eigenvalue weighted by molar-refractivity contribution is -0.133. The van der Waals surface area contributed by atoms with Crippen molar-refractivity contribution < 1.29 is 9.59 Å². The normalized spacial score (nSPS) is 16.5. The molecule has 1 saturated heterocycles. The van der Waals surface area contributed by atoms with Gasteiger partial charge in [0.05, 0.1) is 0 Å². The molecule has 1 aliphatic heterocycles. The van der Waals surface area contributed by atoms with E-state index in [9.17, 15) is 9.59 Å². The zero-order valence-electron chi connectivity index (χ0n) is 17.1. The Bertz CT molecular complexity index is 693. The Balaban J connectivity index is 0.00000392. The second-order valence-corrected chi connectivity index (χ2v) is 7.10. The Morgan fingerprint density at radius 1 is 1.32 bits per heavy atom. The van der Waals surface area contributed by atoms with E-state index in [1.165, 1.54) is 0 Å². The second-order valence-electron chi connectivity index (χ2n) is 7.10. The average Bonchev–Trinajstić information content (AvgIpc) is 3.14. The Morgan fingerprint density at radius 2 is 2.07 bits per heavy atom. The maximum atomic E-state index is 12.1. The van der Waals surface area contributed by atoms with Crippen molar-refractivity contribution in [3.8, 4) is 0 Å². The Labute approximate surface area is 184 Å². The van der Waals surface area contributed by atoms with Gasteiger partial charge < -0.3 is 20.9 Å². The Morgan fingerprint density at radius 3 is 2.71 bits per heavy atom. The Kier molecular flexibility index (Phi) is 10.3. The van der Waals surface area contributed by atoms with Gasteiger partial charge in [0.15, 0.2) is 5.96 Å². The number of aliphatic imine (C=N–C) groups is 1. The molecule has 0 radical (unpaired) electrons. The molecule has 7 nitrogen and oxygen atoms in total. The van der Waals surface area contributed by atoms with Crippen LogP contribution >= 0.6 is 24.0 Å². The van der Waals surface area contributed by atoms with E-state index in [1.54, 1.807) is 20.2 Å². The molecule has 0 spiro atoms. The largest absolute Gasteiger partial charge is 0.356 e. The van der Waals surface area contributed by atoms with Crippen LogP contribution in [0.3, 0.4) is 0 Å². The number of hydrogen-bond donors (Lipinski definition) is 3. The van der Waals surface area contributed by atoms with E-state index in [4.69, 9.17) is 0 Å². The molecule has 1 unspecified atom stereocenters. The Hall–Kier alpha value is -1.84. The highest BCUT2D eigenvalue weighted by Crippen LogP contribution is 2.12. The summed E-state index contributed by atoms with van der Waals surface area (Å²) in [7, 11) is 3.37. The molecule has 0 aliphatic carbocycles. The molecular weight excluding hydrogens is 469 g/mol. The van der Waals surface area contributed by atoms with Gasteiger partial charge in [0.25, 0.3) is 5.91 Å². The molecule has 28 heavy (non-hydrogen) atoms. The number of likely N-dealkylation sites (tertiary alicyclic amines) is 1. The SMILES string of the molecule is CN=C(NCCc1cccc(C(=O)NC)c1)NC1CCN(C(=O)C(C)C)C1.I. The third-order valence-corrected chi connectivity index (χ3v) is 4.68. The maximum Gasteiger partial charge on any atom is 0.251 e. The van der Waals surface area contributed by atoms with Gasteiger partial charge in [0.2, 0.25) is 5.91 Å². The number of guanidine groups is 1. The zero-order chi connectivity index (χ0) is 19.8. The number of carbonyl (C=O) groups excluding carboxylic acids is 2.